The van der Waals surface area contributed by atoms with E-state index in [1.807, 2.05) is 13.0 Å². The predicted molar refractivity (Wildman–Crippen MR) is 104 cm³/mol. The van der Waals surface area contributed by atoms with Gasteiger partial charge in [0, 0.05) is 19.5 Å². The van der Waals surface area contributed by atoms with Crippen LogP contribution in [0.15, 0.2) is 23.1 Å². The smallest absolute Gasteiger partial charge is 0.240 e. The third kappa shape index (κ3) is 6.70. The molecule has 146 valence electrons. The van der Waals surface area contributed by atoms with Crippen molar-refractivity contribution in [1.29, 1.82) is 0 Å². The summed E-state index contributed by atoms with van der Waals surface area (Å²) in [6, 6.07) is 5.32. The van der Waals surface area contributed by atoms with Crippen LogP contribution >= 0.6 is 0 Å². The minimum atomic E-state index is -3.59. The van der Waals surface area contributed by atoms with Crippen LogP contribution in [0, 0.1) is 13.8 Å². The zero-order chi connectivity index (χ0) is 19.0. The summed E-state index contributed by atoms with van der Waals surface area (Å²) in [5.41, 5.74) is 1.59. The van der Waals surface area contributed by atoms with Crippen LogP contribution in [0.3, 0.4) is 0 Å². The highest BCUT2D eigenvalue weighted by atomic mass is 32.2. The summed E-state index contributed by atoms with van der Waals surface area (Å²) in [4.78, 5) is 14.6. The Labute approximate surface area is 157 Å². The molecule has 0 atom stereocenters. The minimum Gasteiger partial charge on any atom is -0.356 e. The first kappa shape index (κ1) is 20.9. The van der Waals surface area contributed by atoms with Gasteiger partial charge in [-0.15, -0.1) is 0 Å². The van der Waals surface area contributed by atoms with Crippen LogP contribution in [-0.2, 0) is 14.8 Å². The highest BCUT2D eigenvalue weighted by Crippen LogP contribution is 2.16. The van der Waals surface area contributed by atoms with Gasteiger partial charge in [0.25, 0.3) is 0 Å². The van der Waals surface area contributed by atoms with E-state index >= 15 is 0 Å². The Hall–Kier alpha value is -1.44. The van der Waals surface area contributed by atoms with Crippen molar-refractivity contribution in [2.24, 2.45) is 0 Å². The molecule has 0 bridgehead atoms. The molecule has 1 saturated heterocycles. The first-order valence-corrected chi connectivity index (χ1v) is 10.9. The molecule has 0 aromatic heterocycles. The molecule has 0 spiro atoms. The number of hydrogen-bond donors (Lipinski definition) is 2. The molecule has 0 saturated carbocycles. The number of piperidine rings is 1. The van der Waals surface area contributed by atoms with Crippen LogP contribution in [0.25, 0.3) is 0 Å². The number of amides is 1. The number of sulfonamides is 1. The van der Waals surface area contributed by atoms with Gasteiger partial charge >= 0.3 is 0 Å². The molecule has 2 N–H and O–H groups in total. The molecular formula is C19H31N3O3S. The average Bonchev–Trinajstić information content (AvgIpc) is 2.61. The maximum absolute atomic E-state index is 12.4. The van der Waals surface area contributed by atoms with Crippen molar-refractivity contribution in [2.45, 2.75) is 50.8 Å². The second-order valence-corrected chi connectivity index (χ2v) is 8.76. The van der Waals surface area contributed by atoms with E-state index in [1.54, 1.807) is 19.1 Å². The Kier molecular flexibility index (Phi) is 8.06. The predicted octanol–water partition coefficient (Wildman–Crippen LogP) is 1.96. The van der Waals surface area contributed by atoms with Gasteiger partial charge in [-0.1, -0.05) is 18.6 Å². The summed E-state index contributed by atoms with van der Waals surface area (Å²) in [7, 11) is -3.59. The lowest BCUT2D eigenvalue weighted by Gasteiger charge is -2.26. The summed E-state index contributed by atoms with van der Waals surface area (Å²) in [6.07, 6.45) is 4.94. The van der Waals surface area contributed by atoms with Crippen molar-refractivity contribution in [2.75, 3.05) is 32.7 Å². The molecule has 1 aliphatic rings. The fraction of sp³-hybridized carbons (Fsp3) is 0.632. The van der Waals surface area contributed by atoms with Crippen molar-refractivity contribution in [1.82, 2.24) is 14.9 Å². The number of nitrogens with one attached hydrogen (secondary N) is 2. The molecule has 7 heteroatoms. The Bertz CT molecular complexity index is 698. The summed E-state index contributed by atoms with van der Waals surface area (Å²) >= 11 is 0. The molecule has 1 aromatic rings. The maximum Gasteiger partial charge on any atom is 0.240 e. The van der Waals surface area contributed by atoms with E-state index in [0.717, 1.165) is 31.6 Å². The van der Waals surface area contributed by atoms with Crippen LogP contribution in [-0.4, -0.2) is 51.9 Å². The molecule has 1 heterocycles. The highest BCUT2D eigenvalue weighted by Gasteiger charge is 2.17. The van der Waals surface area contributed by atoms with Crippen LogP contribution in [0.2, 0.25) is 0 Å². The molecule has 1 amide bonds. The molecular weight excluding hydrogens is 350 g/mol. The molecule has 1 aromatic carbocycles. The van der Waals surface area contributed by atoms with Crippen molar-refractivity contribution < 1.29 is 13.2 Å². The van der Waals surface area contributed by atoms with E-state index < -0.39 is 10.0 Å². The molecule has 0 unspecified atom stereocenters. The fourth-order valence-electron chi connectivity index (χ4n) is 3.18. The quantitative estimate of drug-likeness (QED) is 0.641. The average molecular weight is 382 g/mol. The summed E-state index contributed by atoms with van der Waals surface area (Å²) in [5, 5.41) is 2.87. The minimum absolute atomic E-state index is 0.105. The van der Waals surface area contributed by atoms with Gasteiger partial charge in [-0.25, -0.2) is 13.1 Å². The second kappa shape index (κ2) is 10.0. The molecule has 1 fully saturated rings. The van der Waals surface area contributed by atoms with Crippen LogP contribution in [0.5, 0.6) is 0 Å². The standard InChI is InChI=1S/C19H31N3O3S/c1-16-7-8-17(2)18(15-16)26(24,25)21-11-9-19(23)20-10-6-14-22-12-4-3-5-13-22/h7-8,15,21H,3-6,9-14H2,1-2H3,(H,20,23). The third-order valence-corrected chi connectivity index (χ3v) is 6.30. The number of hydrogen-bond acceptors (Lipinski definition) is 4. The zero-order valence-electron chi connectivity index (χ0n) is 15.9. The molecule has 6 nitrogen and oxygen atoms in total. The van der Waals surface area contributed by atoms with Gasteiger partial charge in [0.05, 0.1) is 4.90 Å². The van der Waals surface area contributed by atoms with Crippen LogP contribution < -0.4 is 10.0 Å². The topological polar surface area (TPSA) is 78.5 Å². The Morgan fingerprint density at radius 2 is 1.85 bits per heavy atom. The number of rotatable bonds is 9. The van der Waals surface area contributed by atoms with E-state index in [9.17, 15) is 13.2 Å². The number of aryl methyl sites for hydroxylation is 2. The zero-order valence-corrected chi connectivity index (χ0v) is 16.7. The van der Waals surface area contributed by atoms with Crippen molar-refractivity contribution in [3.8, 4) is 0 Å². The SMILES string of the molecule is Cc1ccc(C)c(S(=O)(=O)NCCC(=O)NCCCN2CCCCC2)c1. The molecule has 0 aliphatic carbocycles. The molecule has 0 radical (unpaired) electrons. The van der Waals surface area contributed by atoms with Crippen molar-refractivity contribution in [3.63, 3.8) is 0 Å². The Morgan fingerprint density at radius 1 is 1.12 bits per heavy atom. The maximum atomic E-state index is 12.4. The molecule has 1 aliphatic heterocycles. The molecule has 26 heavy (non-hydrogen) atoms. The van der Waals surface area contributed by atoms with Crippen molar-refractivity contribution in [3.05, 3.63) is 29.3 Å². The van der Waals surface area contributed by atoms with Crippen LogP contribution in [0.1, 0.15) is 43.2 Å². The van der Waals surface area contributed by atoms with E-state index in [0.29, 0.717) is 12.1 Å². The number of carbonyl (C=O) groups is 1. The van der Waals surface area contributed by atoms with E-state index in [4.69, 9.17) is 0 Å². The van der Waals surface area contributed by atoms with Crippen molar-refractivity contribution >= 4 is 15.9 Å². The number of nitrogens with zero attached hydrogens (tertiary/aromatic N) is 1. The first-order valence-electron chi connectivity index (χ1n) is 9.44. The highest BCUT2D eigenvalue weighted by molar-refractivity contribution is 7.89. The lowest BCUT2D eigenvalue weighted by molar-refractivity contribution is -0.120. The lowest BCUT2D eigenvalue weighted by atomic mass is 10.1. The third-order valence-electron chi connectivity index (χ3n) is 4.70. The van der Waals surface area contributed by atoms with Gasteiger partial charge in [0.2, 0.25) is 15.9 Å². The van der Waals surface area contributed by atoms with Gasteiger partial charge in [-0.3, -0.25) is 4.79 Å². The number of likely N-dealkylation sites (tertiary alicyclic amines) is 1. The van der Waals surface area contributed by atoms with Gasteiger partial charge in [0.15, 0.2) is 0 Å². The first-order chi connectivity index (χ1) is 12.4. The van der Waals surface area contributed by atoms with E-state index in [-0.39, 0.29) is 23.8 Å². The summed E-state index contributed by atoms with van der Waals surface area (Å²) in [5.74, 6) is -0.118. The van der Waals surface area contributed by atoms with Gasteiger partial charge in [-0.05, 0) is 69.9 Å². The largest absolute Gasteiger partial charge is 0.356 e. The second-order valence-electron chi connectivity index (χ2n) is 7.02. The summed E-state index contributed by atoms with van der Waals surface area (Å²) < 4.78 is 27.3. The fourth-order valence-corrected chi connectivity index (χ4v) is 4.53. The normalized spacial score (nSPS) is 15.8. The Balaban J connectivity index is 1.66. The van der Waals surface area contributed by atoms with E-state index in [1.165, 1.54) is 19.3 Å². The lowest BCUT2D eigenvalue weighted by Crippen LogP contribution is -2.34. The van der Waals surface area contributed by atoms with E-state index in [2.05, 4.69) is 14.9 Å². The van der Waals surface area contributed by atoms with Gasteiger partial charge in [0.1, 0.15) is 0 Å². The monoisotopic (exact) mass is 381 g/mol. The summed E-state index contributed by atoms with van der Waals surface area (Å²) in [6.45, 7) is 7.70. The van der Waals surface area contributed by atoms with Gasteiger partial charge in [-0.2, -0.15) is 0 Å². The number of carbonyl (C=O) groups excluding carboxylic acids is 1. The van der Waals surface area contributed by atoms with Gasteiger partial charge < -0.3 is 10.2 Å². The van der Waals surface area contributed by atoms with Crippen LogP contribution in [0.4, 0.5) is 0 Å². The molecule has 2 rings (SSSR count). The Morgan fingerprint density at radius 3 is 2.58 bits per heavy atom. The number of benzene rings is 1.